The van der Waals surface area contributed by atoms with E-state index in [4.69, 9.17) is 10.5 Å². The van der Waals surface area contributed by atoms with Crippen LogP contribution in [0.4, 0.5) is 0 Å². The van der Waals surface area contributed by atoms with Crippen molar-refractivity contribution in [2.75, 3.05) is 26.9 Å². The molecular weight excluding hydrogens is 300 g/mol. The van der Waals surface area contributed by atoms with Crippen molar-refractivity contribution in [1.29, 1.82) is 0 Å². The number of hydrogen-bond donors (Lipinski definition) is 6. The van der Waals surface area contributed by atoms with E-state index in [-0.39, 0.29) is 18.4 Å². The monoisotopic (exact) mass is 330 g/mol. The maximum atomic E-state index is 10.5. The molecule has 9 heteroatoms. The lowest BCUT2D eigenvalue weighted by Gasteiger charge is -2.38. The van der Waals surface area contributed by atoms with Crippen LogP contribution >= 0.6 is 0 Å². The SMILES string of the molecule is CC(C)N(C)CC1OC(N2CNC3C(N)NCNC32)C(O)C1O. The molecule has 7 N–H and O–H groups in total. The molecule has 3 aliphatic rings. The van der Waals surface area contributed by atoms with Crippen molar-refractivity contribution in [2.45, 2.75) is 62.8 Å². The molecule has 0 aromatic rings. The van der Waals surface area contributed by atoms with Gasteiger partial charge in [0.2, 0.25) is 0 Å². The Balaban J connectivity index is 1.66. The molecule has 3 saturated heterocycles. The number of rotatable bonds is 4. The first-order valence-electron chi connectivity index (χ1n) is 8.33. The average Bonchev–Trinajstić information content (AvgIpc) is 3.05. The Labute approximate surface area is 137 Å². The summed E-state index contributed by atoms with van der Waals surface area (Å²) in [4.78, 5) is 4.11. The van der Waals surface area contributed by atoms with E-state index >= 15 is 0 Å². The lowest BCUT2D eigenvalue weighted by molar-refractivity contribution is -0.106. The molecule has 3 rings (SSSR count). The zero-order chi connectivity index (χ0) is 16.7. The highest BCUT2D eigenvalue weighted by molar-refractivity contribution is 5.01. The quantitative estimate of drug-likeness (QED) is 0.316. The number of likely N-dealkylation sites (N-methyl/N-ethyl adjacent to an activating group) is 1. The van der Waals surface area contributed by atoms with Gasteiger partial charge in [0.1, 0.15) is 24.5 Å². The Morgan fingerprint density at radius 1 is 1.26 bits per heavy atom. The maximum Gasteiger partial charge on any atom is 0.142 e. The van der Waals surface area contributed by atoms with Gasteiger partial charge in [-0.15, -0.1) is 0 Å². The molecule has 0 saturated carbocycles. The normalized spacial score (nSPS) is 45.1. The topological polar surface area (TPSA) is 118 Å². The number of nitrogens with two attached hydrogens (primary N) is 1. The first kappa shape index (κ1) is 17.5. The van der Waals surface area contributed by atoms with Crippen LogP contribution < -0.4 is 21.7 Å². The van der Waals surface area contributed by atoms with Gasteiger partial charge in [-0.05, 0) is 20.9 Å². The molecule has 3 aliphatic heterocycles. The van der Waals surface area contributed by atoms with Gasteiger partial charge in [0.05, 0.1) is 25.0 Å². The summed E-state index contributed by atoms with van der Waals surface area (Å²) >= 11 is 0. The van der Waals surface area contributed by atoms with E-state index in [9.17, 15) is 10.2 Å². The van der Waals surface area contributed by atoms with E-state index in [2.05, 4.69) is 34.7 Å². The third-order valence-electron chi connectivity index (χ3n) is 5.26. The van der Waals surface area contributed by atoms with Crippen LogP contribution in [0.1, 0.15) is 13.8 Å². The second kappa shape index (κ2) is 6.87. The molecule has 0 bridgehead atoms. The fourth-order valence-corrected chi connectivity index (χ4v) is 3.50. The van der Waals surface area contributed by atoms with Crippen LogP contribution in [0.15, 0.2) is 0 Å². The molecule has 0 aromatic heterocycles. The van der Waals surface area contributed by atoms with Crippen molar-refractivity contribution >= 4 is 0 Å². The number of ether oxygens (including phenoxy) is 1. The minimum Gasteiger partial charge on any atom is -0.387 e. The fraction of sp³-hybridized carbons (Fsp3) is 1.00. The molecule has 0 aromatic carbocycles. The molecule has 134 valence electrons. The van der Waals surface area contributed by atoms with E-state index in [1.807, 2.05) is 11.9 Å². The molecule has 3 heterocycles. The predicted molar refractivity (Wildman–Crippen MR) is 85.0 cm³/mol. The largest absolute Gasteiger partial charge is 0.387 e. The number of aliphatic hydroxyl groups excluding tert-OH is 2. The molecule has 0 radical (unpaired) electrons. The predicted octanol–water partition coefficient (Wildman–Crippen LogP) is -3.23. The van der Waals surface area contributed by atoms with Crippen LogP contribution in [-0.2, 0) is 4.74 Å². The Bertz CT molecular complexity index is 414. The summed E-state index contributed by atoms with van der Waals surface area (Å²) in [6.07, 6.45) is -2.96. The lowest BCUT2D eigenvalue weighted by atomic mass is 10.1. The summed E-state index contributed by atoms with van der Waals surface area (Å²) in [5.41, 5.74) is 6.07. The molecule has 7 unspecified atom stereocenters. The van der Waals surface area contributed by atoms with Crippen LogP contribution in [0.2, 0.25) is 0 Å². The highest BCUT2D eigenvalue weighted by atomic mass is 16.6. The Kier molecular flexibility index (Phi) is 5.21. The highest BCUT2D eigenvalue weighted by Gasteiger charge is 2.51. The average molecular weight is 330 g/mol. The van der Waals surface area contributed by atoms with Crippen molar-refractivity contribution in [3.05, 3.63) is 0 Å². The van der Waals surface area contributed by atoms with Crippen molar-refractivity contribution in [2.24, 2.45) is 5.73 Å². The van der Waals surface area contributed by atoms with E-state index in [1.54, 1.807) is 0 Å². The van der Waals surface area contributed by atoms with Crippen molar-refractivity contribution < 1.29 is 14.9 Å². The number of aliphatic hydroxyl groups is 2. The van der Waals surface area contributed by atoms with Gasteiger partial charge in [-0.2, -0.15) is 0 Å². The van der Waals surface area contributed by atoms with Gasteiger partial charge in [-0.25, -0.2) is 4.90 Å². The zero-order valence-electron chi connectivity index (χ0n) is 14.0. The zero-order valence-corrected chi connectivity index (χ0v) is 14.0. The van der Waals surface area contributed by atoms with E-state index in [0.29, 0.717) is 25.9 Å². The van der Waals surface area contributed by atoms with Crippen molar-refractivity contribution in [3.63, 3.8) is 0 Å². The standard InChI is InChI=1S/C14H30N6O3/c1-7(2)19(3)4-8-10(21)11(22)14(23-8)20-6-18-9-12(15)16-5-17-13(9)20/h7-14,16-18,21-22H,4-6,15H2,1-3H3. The van der Waals surface area contributed by atoms with Gasteiger partial charge in [0, 0.05) is 19.3 Å². The third kappa shape index (κ3) is 3.26. The van der Waals surface area contributed by atoms with E-state index in [1.165, 1.54) is 0 Å². The van der Waals surface area contributed by atoms with Crippen LogP contribution in [0.25, 0.3) is 0 Å². The van der Waals surface area contributed by atoms with Crippen LogP contribution in [0, 0.1) is 0 Å². The summed E-state index contributed by atoms with van der Waals surface area (Å²) in [6.45, 7) is 5.91. The number of fused-ring (bicyclic) bond motifs is 1. The molecule has 23 heavy (non-hydrogen) atoms. The smallest absolute Gasteiger partial charge is 0.142 e. The molecule has 9 nitrogen and oxygen atoms in total. The number of nitrogens with zero attached hydrogens (tertiary/aromatic N) is 2. The van der Waals surface area contributed by atoms with E-state index in [0.717, 1.165) is 0 Å². The second-order valence-corrected chi connectivity index (χ2v) is 7.04. The van der Waals surface area contributed by atoms with Crippen molar-refractivity contribution in [1.82, 2.24) is 25.8 Å². The Morgan fingerprint density at radius 2 is 2.00 bits per heavy atom. The molecule has 0 aliphatic carbocycles. The first-order valence-corrected chi connectivity index (χ1v) is 8.33. The van der Waals surface area contributed by atoms with Gasteiger partial charge in [0.25, 0.3) is 0 Å². The summed E-state index contributed by atoms with van der Waals surface area (Å²) in [7, 11) is 1.99. The summed E-state index contributed by atoms with van der Waals surface area (Å²) in [5, 5.41) is 30.6. The van der Waals surface area contributed by atoms with Gasteiger partial charge in [0.15, 0.2) is 0 Å². The summed E-state index contributed by atoms with van der Waals surface area (Å²) in [5.74, 6) is 0. The lowest BCUT2D eigenvalue weighted by Crippen LogP contribution is -2.68. The molecule has 0 spiro atoms. The van der Waals surface area contributed by atoms with Gasteiger partial charge in [-0.1, -0.05) is 0 Å². The van der Waals surface area contributed by atoms with Crippen molar-refractivity contribution in [3.8, 4) is 0 Å². The Morgan fingerprint density at radius 3 is 2.70 bits per heavy atom. The molecule has 3 fully saturated rings. The van der Waals surface area contributed by atoms with Gasteiger partial charge < -0.3 is 25.6 Å². The summed E-state index contributed by atoms with van der Waals surface area (Å²) < 4.78 is 6.02. The number of nitrogens with one attached hydrogen (secondary N) is 3. The second-order valence-electron chi connectivity index (χ2n) is 7.04. The van der Waals surface area contributed by atoms with E-state index < -0.39 is 24.5 Å². The minimum absolute atomic E-state index is 0.0281. The fourth-order valence-electron chi connectivity index (χ4n) is 3.50. The van der Waals surface area contributed by atoms with Gasteiger partial charge in [-0.3, -0.25) is 16.0 Å². The molecule has 0 amide bonds. The molecule has 7 atom stereocenters. The highest BCUT2D eigenvalue weighted by Crippen LogP contribution is 2.28. The third-order valence-corrected chi connectivity index (χ3v) is 5.26. The van der Waals surface area contributed by atoms with Crippen LogP contribution in [0.5, 0.6) is 0 Å². The maximum absolute atomic E-state index is 10.5. The number of hydrogen-bond acceptors (Lipinski definition) is 9. The minimum atomic E-state index is -0.936. The van der Waals surface area contributed by atoms with Crippen LogP contribution in [-0.4, -0.2) is 95.9 Å². The molecular formula is C14H30N6O3. The van der Waals surface area contributed by atoms with Gasteiger partial charge >= 0.3 is 0 Å². The Hall–Kier alpha value is -0.360. The summed E-state index contributed by atoms with van der Waals surface area (Å²) in [6, 6.07) is 0.387. The first-order chi connectivity index (χ1) is 10.9. The van der Waals surface area contributed by atoms with Crippen LogP contribution in [0.3, 0.4) is 0 Å².